The molecule has 0 unspecified atom stereocenters. The second kappa shape index (κ2) is 12.2. The van der Waals surface area contributed by atoms with Crippen molar-refractivity contribution in [1.82, 2.24) is 9.47 Å². The highest BCUT2D eigenvalue weighted by molar-refractivity contribution is 7.07. The van der Waals surface area contributed by atoms with Crippen molar-refractivity contribution < 1.29 is 9.53 Å². The van der Waals surface area contributed by atoms with Crippen LogP contribution in [-0.4, -0.2) is 48.7 Å². The zero-order chi connectivity index (χ0) is 30.1. The Morgan fingerprint density at radius 2 is 1.74 bits per heavy atom. The molecule has 0 bridgehead atoms. The molecule has 2 aliphatic rings. The molecule has 8 heteroatoms. The molecule has 4 aromatic rings. The van der Waals surface area contributed by atoms with E-state index in [9.17, 15) is 9.59 Å². The van der Waals surface area contributed by atoms with E-state index in [4.69, 9.17) is 9.73 Å². The van der Waals surface area contributed by atoms with Crippen molar-refractivity contribution in [3.05, 3.63) is 103 Å². The van der Waals surface area contributed by atoms with Gasteiger partial charge in [0.2, 0.25) is 0 Å². The van der Waals surface area contributed by atoms with E-state index in [-0.39, 0.29) is 11.5 Å². The molecule has 0 aliphatic carbocycles. The molecule has 3 aromatic carbocycles. The highest BCUT2D eigenvalue weighted by Gasteiger charge is 2.36. The minimum atomic E-state index is -0.686. The molecule has 1 saturated heterocycles. The quantitative estimate of drug-likeness (QED) is 0.293. The zero-order valence-corrected chi connectivity index (χ0v) is 26.1. The molecule has 1 fully saturated rings. The van der Waals surface area contributed by atoms with E-state index in [1.54, 1.807) is 16.6 Å². The van der Waals surface area contributed by atoms with E-state index in [0.29, 0.717) is 39.4 Å². The lowest BCUT2D eigenvalue weighted by Crippen LogP contribution is -2.43. The highest BCUT2D eigenvalue weighted by Crippen LogP contribution is 2.40. The topological polar surface area (TPSA) is 67.1 Å². The molecule has 0 radical (unpaired) electrons. The fraction of sp³-hybridized carbons (Fsp3) is 0.343. The van der Waals surface area contributed by atoms with Crippen LogP contribution in [0.2, 0.25) is 0 Å². The number of rotatable bonds is 7. The smallest absolute Gasteiger partial charge is 0.271 e. The first-order chi connectivity index (χ1) is 20.9. The van der Waals surface area contributed by atoms with Crippen LogP contribution in [0.4, 0.5) is 5.69 Å². The number of methoxy groups -OCH3 is 1. The van der Waals surface area contributed by atoms with E-state index in [0.717, 1.165) is 35.0 Å². The van der Waals surface area contributed by atoms with Crippen LogP contribution < -0.4 is 24.5 Å². The number of likely N-dealkylation sites (N-methyl/N-ethyl adjacent to an activating group) is 1. The molecule has 0 spiro atoms. The minimum Gasteiger partial charge on any atom is -0.496 e. The SMILES string of the molecule is CCN(CC)C(=O)C1=C(C)N=c2s/c(=C\c3ccc(N4CCCCC4)cc3)c(=O)n2[C@@H]1c1c(OC)ccc2ccccc12. The van der Waals surface area contributed by atoms with Gasteiger partial charge in [0.25, 0.3) is 11.5 Å². The lowest BCUT2D eigenvalue weighted by Gasteiger charge is -2.30. The minimum absolute atomic E-state index is 0.117. The van der Waals surface area contributed by atoms with Gasteiger partial charge < -0.3 is 14.5 Å². The van der Waals surface area contributed by atoms with Crippen molar-refractivity contribution in [2.75, 3.05) is 38.2 Å². The van der Waals surface area contributed by atoms with Gasteiger partial charge in [0.15, 0.2) is 4.80 Å². The summed E-state index contributed by atoms with van der Waals surface area (Å²) in [5, 5.41) is 1.95. The maximum Gasteiger partial charge on any atom is 0.271 e. The van der Waals surface area contributed by atoms with E-state index >= 15 is 0 Å². The molecular formula is C35H38N4O3S. The Labute approximate surface area is 256 Å². The van der Waals surface area contributed by atoms with Crippen molar-refractivity contribution in [2.24, 2.45) is 4.99 Å². The second-order valence-electron chi connectivity index (χ2n) is 11.1. The summed E-state index contributed by atoms with van der Waals surface area (Å²) in [5.41, 5.74) is 3.93. The third-order valence-corrected chi connectivity index (χ3v) is 9.62. The van der Waals surface area contributed by atoms with Gasteiger partial charge in [-0.05, 0) is 80.6 Å². The number of carbonyl (C=O) groups excluding carboxylic acids is 1. The van der Waals surface area contributed by atoms with Gasteiger partial charge in [-0.15, -0.1) is 0 Å². The molecule has 6 rings (SSSR count). The van der Waals surface area contributed by atoms with Crippen LogP contribution >= 0.6 is 11.3 Å². The van der Waals surface area contributed by atoms with Gasteiger partial charge in [0.1, 0.15) is 11.8 Å². The van der Waals surface area contributed by atoms with Crippen molar-refractivity contribution in [3.63, 3.8) is 0 Å². The molecule has 222 valence electrons. The Morgan fingerprint density at radius 3 is 2.44 bits per heavy atom. The predicted molar refractivity (Wildman–Crippen MR) is 175 cm³/mol. The first-order valence-electron chi connectivity index (χ1n) is 15.2. The Balaban J connectivity index is 1.54. The lowest BCUT2D eigenvalue weighted by molar-refractivity contribution is -0.127. The van der Waals surface area contributed by atoms with Crippen molar-refractivity contribution >= 4 is 39.8 Å². The maximum absolute atomic E-state index is 14.3. The van der Waals surface area contributed by atoms with Crippen LogP contribution in [0.3, 0.4) is 0 Å². The molecule has 7 nitrogen and oxygen atoms in total. The van der Waals surface area contributed by atoms with Crippen LogP contribution in [0.5, 0.6) is 5.75 Å². The molecule has 0 saturated carbocycles. The Morgan fingerprint density at radius 1 is 1.02 bits per heavy atom. The van der Waals surface area contributed by atoms with E-state index < -0.39 is 6.04 Å². The molecule has 2 aliphatic heterocycles. The molecule has 0 N–H and O–H groups in total. The largest absolute Gasteiger partial charge is 0.496 e. The number of benzene rings is 3. The number of thiazole rings is 1. The fourth-order valence-corrected chi connectivity index (χ4v) is 7.42. The summed E-state index contributed by atoms with van der Waals surface area (Å²) < 4.78 is 8.18. The fourth-order valence-electron chi connectivity index (χ4n) is 6.37. The Hall–Kier alpha value is -4.17. The number of aromatic nitrogens is 1. The number of anilines is 1. The van der Waals surface area contributed by atoms with Gasteiger partial charge >= 0.3 is 0 Å². The number of nitrogens with zero attached hydrogens (tertiary/aromatic N) is 4. The van der Waals surface area contributed by atoms with Gasteiger partial charge in [-0.2, -0.15) is 0 Å². The van der Waals surface area contributed by atoms with Crippen molar-refractivity contribution in [2.45, 2.75) is 46.1 Å². The first kappa shape index (κ1) is 28.9. The van der Waals surface area contributed by atoms with Crippen molar-refractivity contribution in [3.8, 4) is 5.75 Å². The molecule has 43 heavy (non-hydrogen) atoms. The highest BCUT2D eigenvalue weighted by atomic mass is 32.1. The summed E-state index contributed by atoms with van der Waals surface area (Å²) >= 11 is 1.36. The van der Waals surface area contributed by atoms with Crippen molar-refractivity contribution in [1.29, 1.82) is 0 Å². The third kappa shape index (κ3) is 5.29. The molecule has 3 heterocycles. The zero-order valence-electron chi connectivity index (χ0n) is 25.3. The van der Waals surface area contributed by atoms with Crippen LogP contribution in [0.15, 0.2) is 81.7 Å². The number of fused-ring (bicyclic) bond motifs is 2. The standard InChI is InChI=1S/C35H38N4O3S/c1-5-37(6-2)34(41)30-23(3)36-35-39(32(30)31-27-13-9-8-12-25(27)16-19-28(31)42-4)33(40)29(43-35)22-24-14-17-26(18-15-24)38-20-10-7-11-21-38/h8-9,12-19,22,32H,5-7,10-11,20-21H2,1-4H3/b29-22-/t32-/m0/s1. The van der Waals surface area contributed by atoms with Gasteiger partial charge in [-0.1, -0.05) is 53.8 Å². The van der Waals surface area contributed by atoms with Crippen LogP contribution in [0.25, 0.3) is 16.8 Å². The van der Waals surface area contributed by atoms with Gasteiger partial charge in [-0.25, -0.2) is 4.99 Å². The molecular weight excluding hydrogens is 556 g/mol. The summed E-state index contributed by atoms with van der Waals surface area (Å²) in [6.45, 7) is 9.10. The maximum atomic E-state index is 14.3. The van der Waals surface area contributed by atoms with Crippen LogP contribution in [0, 0.1) is 0 Å². The van der Waals surface area contributed by atoms with E-state index in [2.05, 4.69) is 29.2 Å². The summed E-state index contributed by atoms with van der Waals surface area (Å²) in [7, 11) is 1.63. The summed E-state index contributed by atoms with van der Waals surface area (Å²) in [5.74, 6) is 0.514. The molecule has 1 atom stereocenters. The summed E-state index contributed by atoms with van der Waals surface area (Å²) in [6, 6.07) is 19.7. The van der Waals surface area contributed by atoms with E-state index in [1.807, 2.05) is 63.2 Å². The monoisotopic (exact) mass is 594 g/mol. The van der Waals surface area contributed by atoms with Gasteiger partial charge in [0.05, 0.1) is 22.9 Å². The van der Waals surface area contributed by atoms with Crippen LogP contribution in [-0.2, 0) is 4.79 Å². The number of hydrogen-bond donors (Lipinski definition) is 0. The summed E-state index contributed by atoms with van der Waals surface area (Å²) in [6.07, 6.45) is 5.68. The number of piperidine rings is 1. The lowest BCUT2D eigenvalue weighted by atomic mass is 9.90. The van der Waals surface area contributed by atoms with Crippen LogP contribution in [0.1, 0.15) is 57.2 Å². The normalized spacial score (nSPS) is 17.2. The van der Waals surface area contributed by atoms with Gasteiger partial charge in [-0.3, -0.25) is 14.2 Å². The third-order valence-electron chi connectivity index (χ3n) is 8.64. The number of ether oxygens (including phenoxy) is 1. The average molecular weight is 595 g/mol. The molecule has 1 amide bonds. The summed E-state index contributed by atoms with van der Waals surface area (Å²) in [4.78, 5) is 38.1. The second-order valence-corrected chi connectivity index (χ2v) is 12.1. The number of carbonyl (C=O) groups is 1. The number of hydrogen-bond acceptors (Lipinski definition) is 6. The average Bonchev–Trinajstić information content (AvgIpc) is 3.34. The first-order valence-corrected chi connectivity index (χ1v) is 16.0. The number of allylic oxidation sites excluding steroid dienone is 1. The van der Waals surface area contributed by atoms with Gasteiger partial charge in [0, 0.05) is 37.4 Å². The Bertz CT molecular complexity index is 1880. The predicted octanol–water partition coefficient (Wildman–Crippen LogP) is 5.26. The van der Waals surface area contributed by atoms with E-state index in [1.165, 1.54) is 36.3 Å². The molecule has 1 aromatic heterocycles. The number of amides is 1. The Kier molecular flexibility index (Phi) is 8.21.